The molecule has 0 bridgehead atoms. The summed E-state index contributed by atoms with van der Waals surface area (Å²) >= 11 is 3.27. The second kappa shape index (κ2) is 6.18. The highest BCUT2D eigenvalue weighted by atomic mass is 79.9. The van der Waals surface area contributed by atoms with Gasteiger partial charge >= 0.3 is 6.09 Å². The van der Waals surface area contributed by atoms with Crippen LogP contribution in [0.4, 0.5) is 4.79 Å². The minimum absolute atomic E-state index is 0.200. The normalized spacial score (nSPS) is 22.2. The Morgan fingerprint density at radius 1 is 1.40 bits per heavy atom. The fourth-order valence-electron chi connectivity index (χ4n) is 2.07. The second-order valence-electron chi connectivity index (χ2n) is 6.10. The van der Waals surface area contributed by atoms with Crippen molar-refractivity contribution < 1.29 is 13.9 Å². The van der Waals surface area contributed by atoms with Gasteiger partial charge < -0.3 is 19.8 Å². The first-order valence-electron chi connectivity index (χ1n) is 6.79. The van der Waals surface area contributed by atoms with Crippen LogP contribution in [0.5, 0.6) is 0 Å². The Balaban J connectivity index is 1.61. The molecule has 0 unspecified atom stereocenters. The lowest BCUT2D eigenvalue weighted by molar-refractivity contribution is 0.0464. The van der Waals surface area contributed by atoms with Gasteiger partial charge in [0.15, 0.2) is 4.67 Å². The quantitative estimate of drug-likeness (QED) is 0.880. The Labute approximate surface area is 127 Å². The van der Waals surface area contributed by atoms with Crippen molar-refractivity contribution in [2.24, 2.45) is 0 Å². The van der Waals surface area contributed by atoms with E-state index in [1.54, 1.807) is 0 Å². The first-order chi connectivity index (χ1) is 9.32. The van der Waals surface area contributed by atoms with Crippen molar-refractivity contribution in [1.82, 2.24) is 10.6 Å². The lowest BCUT2D eigenvalue weighted by Crippen LogP contribution is -2.52. The maximum absolute atomic E-state index is 11.6. The average Bonchev–Trinajstić information content (AvgIpc) is 2.64. The Kier molecular flexibility index (Phi) is 4.75. The summed E-state index contributed by atoms with van der Waals surface area (Å²) in [6.07, 6.45) is 1.50. The highest BCUT2D eigenvalue weighted by molar-refractivity contribution is 9.10. The number of furan rings is 1. The molecule has 1 aliphatic carbocycles. The largest absolute Gasteiger partial charge is 0.453 e. The molecule has 0 spiro atoms. The van der Waals surface area contributed by atoms with Gasteiger partial charge in [-0.1, -0.05) is 0 Å². The van der Waals surface area contributed by atoms with Crippen LogP contribution in [0, 0.1) is 0 Å². The standard InChI is InChI=1S/C14H21BrN2O3/c1-14(2,3)20-13(18)17-10-6-9(7-10)16-8-11-4-5-12(15)19-11/h4-5,9-10,16H,6-8H2,1-3H3,(H,17,18). The van der Waals surface area contributed by atoms with Crippen molar-refractivity contribution in [3.63, 3.8) is 0 Å². The third-order valence-electron chi connectivity index (χ3n) is 3.05. The SMILES string of the molecule is CC(C)(C)OC(=O)NC1CC(NCc2ccc(Br)o2)C1. The number of halogens is 1. The molecule has 1 aromatic heterocycles. The summed E-state index contributed by atoms with van der Waals surface area (Å²) in [5.74, 6) is 0.903. The van der Waals surface area contributed by atoms with Gasteiger partial charge in [0.25, 0.3) is 0 Å². The van der Waals surface area contributed by atoms with Gasteiger partial charge in [0.2, 0.25) is 0 Å². The molecule has 5 nitrogen and oxygen atoms in total. The maximum atomic E-state index is 11.6. The fraction of sp³-hybridized carbons (Fsp3) is 0.643. The lowest BCUT2D eigenvalue weighted by atomic mass is 9.87. The minimum Gasteiger partial charge on any atom is -0.453 e. The van der Waals surface area contributed by atoms with Gasteiger partial charge in [-0.25, -0.2) is 4.79 Å². The first kappa shape index (κ1) is 15.4. The number of ether oxygens (including phenoxy) is 1. The topological polar surface area (TPSA) is 63.5 Å². The number of hydrogen-bond acceptors (Lipinski definition) is 4. The first-order valence-corrected chi connectivity index (χ1v) is 7.58. The molecular formula is C14H21BrN2O3. The van der Waals surface area contributed by atoms with Crippen LogP contribution >= 0.6 is 15.9 Å². The molecule has 1 fully saturated rings. The molecule has 2 rings (SSSR count). The number of hydrogen-bond donors (Lipinski definition) is 2. The van der Waals surface area contributed by atoms with Gasteiger partial charge in [0.05, 0.1) is 6.54 Å². The number of nitrogens with one attached hydrogen (secondary N) is 2. The van der Waals surface area contributed by atoms with Crippen molar-refractivity contribution in [2.75, 3.05) is 0 Å². The van der Waals surface area contributed by atoms with Gasteiger partial charge in [0, 0.05) is 12.1 Å². The number of rotatable bonds is 4. The zero-order valence-corrected chi connectivity index (χ0v) is 13.6. The van der Waals surface area contributed by atoms with Crippen molar-refractivity contribution in [3.05, 3.63) is 22.6 Å². The highest BCUT2D eigenvalue weighted by Gasteiger charge is 2.31. The summed E-state index contributed by atoms with van der Waals surface area (Å²) in [6, 6.07) is 4.43. The van der Waals surface area contributed by atoms with Gasteiger partial charge in [-0.3, -0.25) is 0 Å². The van der Waals surface area contributed by atoms with Crippen LogP contribution in [0.1, 0.15) is 39.4 Å². The summed E-state index contributed by atoms with van der Waals surface area (Å²) in [5.41, 5.74) is -0.446. The molecule has 2 N–H and O–H groups in total. The number of carbonyl (C=O) groups excluding carboxylic acids is 1. The van der Waals surface area contributed by atoms with Crippen LogP contribution in [0.2, 0.25) is 0 Å². The van der Waals surface area contributed by atoms with Crippen LogP contribution < -0.4 is 10.6 Å². The Morgan fingerprint density at radius 2 is 2.10 bits per heavy atom. The van der Waals surface area contributed by atoms with Gasteiger partial charge in [-0.05, 0) is 61.7 Å². The van der Waals surface area contributed by atoms with E-state index in [1.165, 1.54) is 0 Å². The van der Waals surface area contributed by atoms with Crippen LogP contribution in [0.3, 0.4) is 0 Å². The predicted octanol–water partition coefficient (Wildman–Crippen LogP) is 3.19. The molecule has 20 heavy (non-hydrogen) atoms. The van der Waals surface area contributed by atoms with E-state index in [2.05, 4.69) is 26.6 Å². The zero-order valence-electron chi connectivity index (χ0n) is 12.0. The average molecular weight is 345 g/mol. The van der Waals surface area contributed by atoms with Gasteiger partial charge in [0.1, 0.15) is 11.4 Å². The summed E-state index contributed by atoms with van der Waals surface area (Å²) in [5, 5.41) is 6.27. The molecule has 1 saturated carbocycles. The van der Waals surface area contributed by atoms with E-state index in [4.69, 9.17) is 9.15 Å². The fourth-order valence-corrected chi connectivity index (χ4v) is 2.41. The van der Waals surface area contributed by atoms with E-state index >= 15 is 0 Å². The molecule has 6 heteroatoms. The van der Waals surface area contributed by atoms with E-state index in [-0.39, 0.29) is 12.1 Å². The second-order valence-corrected chi connectivity index (χ2v) is 6.88. The Hall–Kier alpha value is -1.01. The molecule has 0 aliphatic heterocycles. The van der Waals surface area contributed by atoms with E-state index in [1.807, 2.05) is 32.9 Å². The number of amides is 1. The third-order valence-corrected chi connectivity index (χ3v) is 3.48. The van der Waals surface area contributed by atoms with E-state index in [0.717, 1.165) is 23.3 Å². The van der Waals surface area contributed by atoms with E-state index in [0.29, 0.717) is 12.6 Å². The Bertz CT molecular complexity index is 461. The zero-order chi connectivity index (χ0) is 14.8. The molecule has 1 heterocycles. The van der Waals surface area contributed by atoms with Crippen molar-refractivity contribution in [3.8, 4) is 0 Å². The smallest absolute Gasteiger partial charge is 0.407 e. The van der Waals surface area contributed by atoms with E-state index in [9.17, 15) is 4.79 Å². The lowest BCUT2D eigenvalue weighted by Gasteiger charge is -2.36. The van der Waals surface area contributed by atoms with Crippen molar-refractivity contribution >= 4 is 22.0 Å². The minimum atomic E-state index is -0.446. The van der Waals surface area contributed by atoms with E-state index < -0.39 is 5.60 Å². The molecule has 0 radical (unpaired) electrons. The maximum Gasteiger partial charge on any atom is 0.407 e. The molecule has 0 atom stereocenters. The number of alkyl carbamates (subject to hydrolysis) is 1. The summed E-state index contributed by atoms with van der Waals surface area (Å²) < 4.78 is 11.4. The molecular weight excluding hydrogens is 324 g/mol. The monoisotopic (exact) mass is 344 g/mol. The molecule has 0 saturated heterocycles. The van der Waals surface area contributed by atoms with Crippen LogP contribution in [-0.2, 0) is 11.3 Å². The molecule has 1 aromatic rings. The molecule has 0 aromatic carbocycles. The van der Waals surface area contributed by atoms with Gasteiger partial charge in [-0.15, -0.1) is 0 Å². The predicted molar refractivity (Wildman–Crippen MR) is 79.4 cm³/mol. The van der Waals surface area contributed by atoms with Crippen LogP contribution in [-0.4, -0.2) is 23.8 Å². The summed E-state index contributed by atoms with van der Waals surface area (Å²) in [7, 11) is 0. The number of carbonyl (C=O) groups is 1. The summed E-state index contributed by atoms with van der Waals surface area (Å²) in [4.78, 5) is 11.6. The molecule has 1 aliphatic rings. The highest BCUT2D eigenvalue weighted by Crippen LogP contribution is 2.22. The third kappa shape index (κ3) is 4.83. The van der Waals surface area contributed by atoms with Crippen molar-refractivity contribution in [1.29, 1.82) is 0 Å². The Morgan fingerprint density at radius 3 is 2.65 bits per heavy atom. The molecule has 112 valence electrons. The summed E-state index contributed by atoms with van der Waals surface area (Å²) in [6.45, 7) is 6.28. The van der Waals surface area contributed by atoms with Gasteiger partial charge in [-0.2, -0.15) is 0 Å². The van der Waals surface area contributed by atoms with Crippen LogP contribution in [0.15, 0.2) is 21.2 Å². The van der Waals surface area contributed by atoms with Crippen molar-refractivity contribution in [2.45, 2.75) is 57.8 Å². The van der Waals surface area contributed by atoms with Crippen LogP contribution in [0.25, 0.3) is 0 Å². The molecule has 1 amide bonds.